The van der Waals surface area contributed by atoms with E-state index < -0.39 is 0 Å². The van der Waals surface area contributed by atoms with E-state index in [9.17, 15) is 4.79 Å². The normalized spacial score (nSPS) is 17.3. The van der Waals surface area contributed by atoms with Gasteiger partial charge in [0.1, 0.15) is 0 Å². The van der Waals surface area contributed by atoms with Gasteiger partial charge in [-0.1, -0.05) is 11.8 Å². The van der Waals surface area contributed by atoms with Crippen LogP contribution in [-0.2, 0) is 0 Å². The molecule has 0 aliphatic heterocycles. The Kier molecular flexibility index (Phi) is 4.28. The van der Waals surface area contributed by atoms with Crippen LogP contribution in [-0.4, -0.2) is 33.6 Å². The number of nitrogens with zero attached hydrogens (tertiary/aromatic N) is 2. The Morgan fingerprint density at radius 3 is 3.06 bits per heavy atom. The molecule has 1 aromatic rings. The fraction of sp³-hybridized carbons (Fsp3) is 0.818. The third kappa shape index (κ3) is 3.35. The Morgan fingerprint density at radius 2 is 2.41 bits per heavy atom. The van der Waals surface area contributed by atoms with Crippen LogP contribution in [0.25, 0.3) is 0 Å². The fourth-order valence-corrected chi connectivity index (χ4v) is 2.72. The van der Waals surface area contributed by atoms with E-state index in [0.29, 0.717) is 12.1 Å². The van der Waals surface area contributed by atoms with E-state index in [4.69, 9.17) is 0 Å². The van der Waals surface area contributed by atoms with Crippen molar-refractivity contribution in [3.05, 3.63) is 10.5 Å². The SMILES string of the molecule is CNC(C)CCCSc1n[nH]c(=O)n1C1CC1. The summed E-state index contributed by atoms with van der Waals surface area (Å²) >= 11 is 1.68. The van der Waals surface area contributed by atoms with Crippen molar-refractivity contribution in [2.24, 2.45) is 0 Å². The summed E-state index contributed by atoms with van der Waals surface area (Å²) in [6, 6.07) is 0.959. The van der Waals surface area contributed by atoms with Crippen LogP contribution in [0.1, 0.15) is 38.6 Å². The van der Waals surface area contributed by atoms with E-state index in [-0.39, 0.29) is 5.69 Å². The minimum atomic E-state index is -0.0569. The number of nitrogens with one attached hydrogen (secondary N) is 2. The zero-order valence-electron chi connectivity index (χ0n) is 10.4. The highest BCUT2D eigenvalue weighted by Crippen LogP contribution is 2.36. The van der Waals surface area contributed by atoms with Gasteiger partial charge in [-0.25, -0.2) is 9.89 Å². The zero-order chi connectivity index (χ0) is 12.3. The van der Waals surface area contributed by atoms with Crippen molar-refractivity contribution in [1.29, 1.82) is 0 Å². The second-order valence-electron chi connectivity index (χ2n) is 4.59. The summed E-state index contributed by atoms with van der Waals surface area (Å²) in [6.45, 7) is 2.18. The van der Waals surface area contributed by atoms with Gasteiger partial charge >= 0.3 is 5.69 Å². The maximum atomic E-state index is 11.5. The van der Waals surface area contributed by atoms with Crippen LogP contribution >= 0.6 is 11.8 Å². The first-order valence-electron chi connectivity index (χ1n) is 6.19. The molecule has 0 spiro atoms. The monoisotopic (exact) mass is 256 g/mol. The highest BCUT2D eigenvalue weighted by Gasteiger charge is 2.28. The largest absolute Gasteiger partial charge is 0.344 e. The van der Waals surface area contributed by atoms with Crippen molar-refractivity contribution < 1.29 is 0 Å². The van der Waals surface area contributed by atoms with E-state index in [1.807, 2.05) is 11.6 Å². The molecule has 2 N–H and O–H groups in total. The molecule has 1 aliphatic rings. The van der Waals surface area contributed by atoms with Crippen LogP contribution in [0.15, 0.2) is 9.95 Å². The smallest absolute Gasteiger partial charge is 0.317 e. The number of rotatable bonds is 7. The third-order valence-electron chi connectivity index (χ3n) is 3.09. The van der Waals surface area contributed by atoms with Gasteiger partial charge in [0, 0.05) is 17.8 Å². The molecule has 0 bridgehead atoms. The lowest BCUT2D eigenvalue weighted by atomic mass is 10.2. The average Bonchev–Trinajstić information content (AvgIpc) is 3.09. The van der Waals surface area contributed by atoms with Crippen molar-refractivity contribution in [3.63, 3.8) is 0 Å². The van der Waals surface area contributed by atoms with E-state index in [0.717, 1.165) is 36.6 Å². The minimum absolute atomic E-state index is 0.0569. The lowest BCUT2D eigenvalue weighted by molar-refractivity contribution is 0.559. The Hall–Kier alpha value is -0.750. The van der Waals surface area contributed by atoms with E-state index in [1.54, 1.807) is 11.8 Å². The Bertz CT molecular complexity index is 410. The molecular formula is C11H20N4OS. The average molecular weight is 256 g/mol. The van der Waals surface area contributed by atoms with Gasteiger partial charge in [0.05, 0.1) is 0 Å². The molecule has 2 rings (SSSR count). The molecule has 1 aromatic heterocycles. The van der Waals surface area contributed by atoms with Crippen LogP contribution in [0.3, 0.4) is 0 Å². The van der Waals surface area contributed by atoms with E-state index in [2.05, 4.69) is 22.4 Å². The summed E-state index contributed by atoms with van der Waals surface area (Å²) in [5.41, 5.74) is -0.0569. The molecule has 1 heterocycles. The molecule has 0 saturated heterocycles. The second-order valence-corrected chi connectivity index (χ2v) is 5.65. The van der Waals surface area contributed by atoms with Crippen LogP contribution in [0, 0.1) is 0 Å². The highest BCUT2D eigenvalue weighted by molar-refractivity contribution is 7.99. The maximum absolute atomic E-state index is 11.5. The van der Waals surface area contributed by atoms with Gasteiger partial charge in [-0.3, -0.25) is 4.57 Å². The van der Waals surface area contributed by atoms with Crippen molar-refractivity contribution >= 4 is 11.8 Å². The first-order chi connectivity index (χ1) is 8.22. The number of H-pyrrole nitrogens is 1. The molecular weight excluding hydrogens is 236 g/mol. The summed E-state index contributed by atoms with van der Waals surface area (Å²) in [5.74, 6) is 1.02. The molecule has 0 amide bonds. The summed E-state index contributed by atoms with van der Waals surface area (Å²) in [6.07, 6.45) is 4.52. The van der Waals surface area contributed by atoms with Gasteiger partial charge in [0.2, 0.25) is 0 Å². The molecule has 0 radical (unpaired) electrons. The second kappa shape index (κ2) is 5.73. The van der Waals surface area contributed by atoms with Crippen LogP contribution < -0.4 is 11.0 Å². The predicted molar refractivity (Wildman–Crippen MR) is 69.6 cm³/mol. The zero-order valence-corrected chi connectivity index (χ0v) is 11.2. The summed E-state index contributed by atoms with van der Waals surface area (Å²) in [7, 11) is 1.98. The Labute approximate surface area is 105 Å². The van der Waals surface area contributed by atoms with Gasteiger partial charge < -0.3 is 5.32 Å². The molecule has 1 aliphatic carbocycles. The van der Waals surface area contributed by atoms with Crippen molar-refractivity contribution in [2.45, 2.75) is 49.8 Å². The number of hydrogen-bond donors (Lipinski definition) is 2. The minimum Gasteiger partial charge on any atom is -0.317 e. The highest BCUT2D eigenvalue weighted by atomic mass is 32.2. The molecule has 96 valence electrons. The van der Waals surface area contributed by atoms with Gasteiger partial charge in [-0.15, -0.1) is 5.10 Å². The van der Waals surface area contributed by atoms with Crippen molar-refractivity contribution in [3.8, 4) is 0 Å². The van der Waals surface area contributed by atoms with E-state index >= 15 is 0 Å². The summed E-state index contributed by atoms with van der Waals surface area (Å²) in [4.78, 5) is 11.5. The summed E-state index contributed by atoms with van der Waals surface area (Å²) in [5, 5.41) is 10.7. The van der Waals surface area contributed by atoms with Crippen LogP contribution in [0.2, 0.25) is 0 Å². The molecule has 1 saturated carbocycles. The first-order valence-corrected chi connectivity index (χ1v) is 7.18. The van der Waals surface area contributed by atoms with Crippen LogP contribution in [0.5, 0.6) is 0 Å². The first kappa shape index (κ1) is 12.7. The molecule has 1 fully saturated rings. The lowest BCUT2D eigenvalue weighted by Gasteiger charge is -2.09. The fourth-order valence-electron chi connectivity index (χ4n) is 1.74. The Morgan fingerprint density at radius 1 is 1.65 bits per heavy atom. The lowest BCUT2D eigenvalue weighted by Crippen LogP contribution is -2.20. The standard InChI is InChI=1S/C11H20N4OS/c1-8(12-2)4-3-7-17-11-14-13-10(16)15(11)9-5-6-9/h8-9,12H,3-7H2,1-2H3,(H,13,16). The van der Waals surface area contributed by atoms with Gasteiger partial charge in [-0.05, 0) is 39.7 Å². The van der Waals surface area contributed by atoms with E-state index in [1.165, 1.54) is 0 Å². The molecule has 0 aromatic carbocycles. The maximum Gasteiger partial charge on any atom is 0.344 e. The van der Waals surface area contributed by atoms with Gasteiger partial charge in [0.25, 0.3) is 0 Å². The quantitative estimate of drug-likeness (QED) is 0.571. The number of aromatic nitrogens is 3. The Balaban J connectivity index is 1.81. The number of thioether (sulfide) groups is 1. The molecule has 6 heteroatoms. The van der Waals surface area contributed by atoms with Crippen molar-refractivity contribution in [2.75, 3.05) is 12.8 Å². The van der Waals surface area contributed by atoms with Crippen molar-refractivity contribution in [1.82, 2.24) is 20.1 Å². The summed E-state index contributed by atoms with van der Waals surface area (Å²) < 4.78 is 1.81. The number of hydrogen-bond acceptors (Lipinski definition) is 4. The molecule has 5 nitrogen and oxygen atoms in total. The molecule has 1 atom stereocenters. The molecule has 1 unspecified atom stereocenters. The third-order valence-corrected chi connectivity index (χ3v) is 4.13. The van der Waals surface area contributed by atoms with Gasteiger partial charge in [0.15, 0.2) is 5.16 Å². The number of aromatic amines is 1. The molecule has 17 heavy (non-hydrogen) atoms. The van der Waals surface area contributed by atoms with Gasteiger partial charge in [-0.2, -0.15) is 0 Å². The van der Waals surface area contributed by atoms with Crippen LogP contribution in [0.4, 0.5) is 0 Å². The predicted octanol–water partition coefficient (Wildman–Crippen LogP) is 1.39. The topological polar surface area (TPSA) is 62.7 Å².